The SMILES string of the molecule is O=C(O)C1CCN(CCO)C1. The molecule has 4 nitrogen and oxygen atoms in total. The van der Waals surface area contributed by atoms with Gasteiger partial charge in [-0.15, -0.1) is 0 Å². The molecule has 1 unspecified atom stereocenters. The van der Waals surface area contributed by atoms with Crippen LogP contribution in [-0.2, 0) is 4.79 Å². The lowest BCUT2D eigenvalue weighted by Crippen LogP contribution is -2.25. The van der Waals surface area contributed by atoms with E-state index in [-0.39, 0.29) is 12.5 Å². The van der Waals surface area contributed by atoms with Crippen LogP contribution in [0.5, 0.6) is 0 Å². The van der Waals surface area contributed by atoms with E-state index in [4.69, 9.17) is 10.2 Å². The average Bonchev–Trinajstić information content (AvgIpc) is 2.37. The zero-order chi connectivity index (χ0) is 8.27. The largest absolute Gasteiger partial charge is 0.481 e. The number of carbonyl (C=O) groups is 1. The predicted molar refractivity (Wildman–Crippen MR) is 39.3 cm³/mol. The fourth-order valence-electron chi connectivity index (χ4n) is 1.38. The summed E-state index contributed by atoms with van der Waals surface area (Å²) in [5.74, 6) is -0.938. The molecule has 1 atom stereocenters. The Morgan fingerprint density at radius 3 is 2.82 bits per heavy atom. The molecule has 1 saturated heterocycles. The Bertz CT molecular complexity index is 149. The lowest BCUT2D eigenvalue weighted by atomic mass is 10.1. The molecular weight excluding hydrogens is 146 g/mol. The van der Waals surface area contributed by atoms with E-state index in [1.165, 1.54) is 0 Å². The number of hydrogen-bond acceptors (Lipinski definition) is 3. The second-order valence-corrected chi connectivity index (χ2v) is 2.85. The second kappa shape index (κ2) is 3.69. The number of aliphatic hydroxyl groups is 1. The lowest BCUT2D eigenvalue weighted by molar-refractivity contribution is -0.141. The van der Waals surface area contributed by atoms with Crippen LogP contribution in [0.2, 0.25) is 0 Å². The molecule has 0 aromatic carbocycles. The molecule has 11 heavy (non-hydrogen) atoms. The van der Waals surface area contributed by atoms with E-state index in [0.29, 0.717) is 13.1 Å². The quantitative estimate of drug-likeness (QED) is 0.576. The van der Waals surface area contributed by atoms with Gasteiger partial charge in [0.1, 0.15) is 0 Å². The summed E-state index contributed by atoms with van der Waals surface area (Å²) in [6.45, 7) is 2.11. The van der Waals surface area contributed by atoms with Crippen molar-refractivity contribution in [2.45, 2.75) is 6.42 Å². The zero-order valence-corrected chi connectivity index (χ0v) is 6.36. The van der Waals surface area contributed by atoms with Gasteiger partial charge >= 0.3 is 5.97 Å². The van der Waals surface area contributed by atoms with Gasteiger partial charge in [-0.2, -0.15) is 0 Å². The summed E-state index contributed by atoms with van der Waals surface area (Å²) in [6.07, 6.45) is 0.718. The molecular formula is C7H13NO3. The average molecular weight is 159 g/mol. The number of β-amino-alcohol motifs (C(OH)–C–C–N with tert-alkyl or cyclic N) is 1. The molecule has 1 rings (SSSR count). The van der Waals surface area contributed by atoms with Gasteiger partial charge in [0.15, 0.2) is 0 Å². The monoisotopic (exact) mass is 159 g/mol. The Morgan fingerprint density at radius 2 is 2.36 bits per heavy atom. The number of aliphatic hydroxyl groups excluding tert-OH is 1. The maximum atomic E-state index is 10.5. The number of aliphatic carboxylic acids is 1. The van der Waals surface area contributed by atoms with Crippen LogP contribution in [0.3, 0.4) is 0 Å². The van der Waals surface area contributed by atoms with Gasteiger partial charge in [0.25, 0.3) is 0 Å². The highest BCUT2D eigenvalue weighted by Gasteiger charge is 2.26. The topological polar surface area (TPSA) is 60.8 Å². The minimum atomic E-state index is -0.717. The van der Waals surface area contributed by atoms with Gasteiger partial charge in [-0.1, -0.05) is 0 Å². The zero-order valence-electron chi connectivity index (χ0n) is 6.36. The first-order valence-electron chi connectivity index (χ1n) is 3.80. The van der Waals surface area contributed by atoms with Crippen LogP contribution in [0.15, 0.2) is 0 Å². The molecule has 64 valence electrons. The number of rotatable bonds is 3. The minimum Gasteiger partial charge on any atom is -0.481 e. The predicted octanol–water partition coefficient (Wildman–Crippen LogP) is -0.615. The molecule has 0 aliphatic carbocycles. The molecule has 4 heteroatoms. The summed E-state index contributed by atoms with van der Waals surface area (Å²) in [5.41, 5.74) is 0. The number of nitrogens with zero attached hydrogens (tertiary/aromatic N) is 1. The van der Waals surface area contributed by atoms with Crippen LogP contribution in [-0.4, -0.2) is 47.3 Å². The summed E-state index contributed by atoms with van der Waals surface area (Å²) < 4.78 is 0. The highest BCUT2D eigenvalue weighted by atomic mass is 16.4. The standard InChI is InChI=1S/C7H13NO3/c9-4-3-8-2-1-6(5-8)7(10)11/h6,9H,1-5H2,(H,10,11). The number of likely N-dealkylation sites (tertiary alicyclic amines) is 1. The molecule has 1 aliphatic rings. The first-order chi connectivity index (χ1) is 5.24. The molecule has 1 fully saturated rings. The van der Waals surface area contributed by atoms with Gasteiger partial charge < -0.3 is 15.1 Å². The Labute approximate surface area is 65.4 Å². The van der Waals surface area contributed by atoms with E-state index in [2.05, 4.69) is 0 Å². The third-order valence-corrected chi connectivity index (χ3v) is 2.04. The fourth-order valence-corrected chi connectivity index (χ4v) is 1.38. The van der Waals surface area contributed by atoms with Gasteiger partial charge in [-0.25, -0.2) is 0 Å². The van der Waals surface area contributed by atoms with Crippen molar-refractivity contribution in [2.24, 2.45) is 5.92 Å². The Hall–Kier alpha value is -0.610. The number of carboxylic acids is 1. The van der Waals surface area contributed by atoms with E-state index in [1.54, 1.807) is 0 Å². The Morgan fingerprint density at radius 1 is 1.64 bits per heavy atom. The van der Waals surface area contributed by atoms with Crippen molar-refractivity contribution in [3.8, 4) is 0 Å². The molecule has 2 N–H and O–H groups in total. The van der Waals surface area contributed by atoms with E-state index >= 15 is 0 Å². The third-order valence-electron chi connectivity index (χ3n) is 2.04. The summed E-state index contributed by atoms with van der Waals surface area (Å²) >= 11 is 0. The molecule has 0 saturated carbocycles. The lowest BCUT2D eigenvalue weighted by Gasteiger charge is -2.11. The highest BCUT2D eigenvalue weighted by Crippen LogP contribution is 2.15. The molecule has 0 bridgehead atoms. The first-order valence-corrected chi connectivity index (χ1v) is 3.80. The van der Waals surface area contributed by atoms with Crippen molar-refractivity contribution in [1.29, 1.82) is 0 Å². The number of carboxylic acid groups (broad SMARTS) is 1. The molecule has 1 heterocycles. The fraction of sp³-hybridized carbons (Fsp3) is 0.857. The third kappa shape index (κ3) is 2.17. The smallest absolute Gasteiger partial charge is 0.307 e. The molecule has 1 aliphatic heterocycles. The molecule has 0 spiro atoms. The van der Waals surface area contributed by atoms with Gasteiger partial charge in [0.2, 0.25) is 0 Å². The molecule has 0 aromatic heterocycles. The van der Waals surface area contributed by atoms with Gasteiger partial charge in [0.05, 0.1) is 12.5 Å². The van der Waals surface area contributed by atoms with Crippen LogP contribution in [0, 0.1) is 5.92 Å². The van der Waals surface area contributed by atoms with Crippen LogP contribution < -0.4 is 0 Å². The maximum absolute atomic E-state index is 10.5. The Kier molecular flexibility index (Phi) is 2.84. The first kappa shape index (κ1) is 8.49. The van der Waals surface area contributed by atoms with Gasteiger partial charge in [-0.3, -0.25) is 4.79 Å². The maximum Gasteiger partial charge on any atom is 0.307 e. The van der Waals surface area contributed by atoms with E-state index in [0.717, 1.165) is 13.0 Å². The van der Waals surface area contributed by atoms with E-state index in [9.17, 15) is 4.79 Å². The van der Waals surface area contributed by atoms with Crippen molar-refractivity contribution in [2.75, 3.05) is 26.2 Å². The van der Waals surface area contributed by atoms with Crippen LogP contribution in [0.25, 0.3) is 0 Å². The highest BCUT2D eigenvalue weighted by molar-refractivity contribution is 5.70. The van der Waals surface area contributed by atoms with E-state index < -0.39 is 5.97 Å². The van der Waals surface area contributed by atoms with Crippen molar-refractivity contribution in [3.05, 3.63) is 0 Å². The molecule has 0 radical (unpaired) electrons. The van der Waals surface area contributed by atoms with Crippen LogP contribution >= 0.6 is 0 Å². The summed E-state index contributed by atoms with van der Waals surface area (Å²) in [6, 6.07) is 0. The normalized spacial score (nSPS) is 25.7. The van der Waals surface area contributed by atoms with Crippen molar-refractivity contribution in [3.63, 3.8) is 0 Å². The number of hydrogen-bond donors (Lipinski definition) is 2. The Balaban J connectivity index is 2.29. The van der Waals surface area contributed by atoms with Crippen LogP contribution in [0.1, 0.15) is 6.42 Å². The molecule has 0 amide bonds. The van der Waals surface area contributed by atoms with Crippen LogP contribution in [0.4, 0.5) is 0 Å². The van der Waals surface area contributed by atoms with Crippen molar-refractivity contribution in [1.82, 2.24) is 4.90 Å². The minimum absolute atomic E-state index is 0.117. The van der Waals surface area contributed by atoms with Gasteiger partial charge in [-0.05, 0) is 13.0 Å². The van der Waals surface area contributed by atoms with E-state index in [1.807, 2.05) is 4.90 Å². The molecule has 0 aromatic rings. The second-order valence-electron chi connectivity index (χ2n) is 2.85. The van der Waals surface area contributed by atoms with Gasteiger partial charge in [0, 0.05) is 13.1 Å². The summed E-state index contributed by atoms with van der Waals surface area (Å²) in [4.78, 5) is 12.4. The summed E-state index contributed by atoms with van der Waals surface area (Å²) in [7, 11) is 0. The van der Waals surface area contributed by atoms with Crippen molar-refractivity contribution < 1.29 is 15.0 Å². The summed E-state index contributed by atoms with van der Waals surface area (Å²) in [5, 5.41) is 17.2. The van der Waals surface area contributed by atoms with Crippen molar-refractivity contribution >= 4 is 5.97 Å².